The molecule has 0 amide bonds. The molecule has 5 heteroatoms. The van der Waals surface area contributed by atoms with Crippen molar-refractivity contribution in [2.45, 2.75) is 20.5 Å². The maximum absolute atomic E-state index is 12.3. The number of methoxy groups -OCH3 is 1. The first-order valence-corrected chi connectivity index (χ1v) is 9.97. The quantitative estimate of drug-likeness (QED) is 0.290. The molecular formula is C24H22O4S. The van der Waals surface area contributed by atoms with Gasteiger partial charge in [0.25, 0.3) is 0 Å². The molecule has 0 spiro atoms. The molecule has 0 aliphatic heterocycles. The fourth-order valence-electron chi connectivity index (χ4n) is 2.83. The molecule has 0 saturated carbocycles. The number of thiophene rings is 1. The molecule has 3 rings (SSSR count). The van der Waals surface area contributed by atoms with Crippen LogP contribution in [0.2, 0.25) is 0 Å². The zero-order valence-electron chi connectivity index (χ0n) is 16.6. The Balaban J connectivity index is 1.56. The Labute approximate surface area is 174 Å². The second-order valence-electron chi connectivity index (χ2n) is 6.57. The van der Waals surface area contributed by atoms with E-state index in [1.54, 1.807) is 29.5 Å². The second kappa shape index (κ2) is 9.34. The van der Waals surface area contributed by atoms with Crippen molar-refractivity contribution in [1.82, 2.24) is 0 Å². The van der Waals surface area contributed by atoms with E-state index in [9.17, 15) is 9.59 Å². The molecule has 0 aliphatic rings. The average Bonchev–Trinajstić information content (AvgIpc) is 3.09. The first-order chi connectivity index (χ1) is 14.0. The Hall–Kier alpha value is -3.18. The van der Waals surface area contributed by atoms with Gasteiger partial charge in [0, 0.05) is 15.3 Å². The maximum Gasteiger partial charge on any atom is 0.337 e. The molecule has 1 aromatic heterocycles. The lowest BCUT2D eigenvalue weighted by molar-refractivity contribution is 0.0600. The Bertz CT molecular complexity index is 1030. The predicted molar refractivity (Wildman–Crippen MR) is 116 cm³/mol. The molecule has 0 bridgehead atoms. The van der Waals surface area contributed by atoms with Gasteiger partial charge in [-0.3, -0.25) is 4.79 Å². The minimum Gasteiger partial charge on any atom is -0.489 e. The van der Waals surface area contributed by atoms with Gasteiger partial charge in [0.2, 0.25) is 0 Å². The molecule has 2 aromatic carbocycles. The Kier molecular flexibility index (Phi) is 6.62. The summed E-state index contributed by atoms with van der Waals surface area (Å²) in [6.07, 6.45) is 3.41. The van der Waals surface area contributed by atoms with Gasteiger partial charge in [-0.1, -0.05) is 30.3 Å². The predicted octanol–water partition coefficient (Wildman–Crippen LogP) is 5.63. The molecule has 0 radical (unpaired) electrons. The van der Waals surface area contributed by atoms with Crippen LogP contribution in [0.5, 0.6) is 5.75 Å². The molecule has 0 N–H and O–H groups in total. The monoisotopic (exact) mass is 406 g/mol. The summed E-state index contributed by atoms with van der Waals surface area (Å²) in [6, 6.07) is 16.6. The van der Waals surface area contributed by atoms with Crippen LogP contribution in [0.4, 0.5) is 0 Å². The summed E-state index contributed by atoms with van der Waals surface area (Å²) in [5.41, 5.74) is 3.16. The second-order valence-corrected chi connectivity index (χ2v) is 8.03. The number of ether oxygens (including phenoxy) is 2. The molecule has 148 valence electrons. The van der Waals surface area contributed by atoms with E-state index in [0.29, 0.717) is 12.2 Å². The first kappa shape index (κ1) is 20.6. The third-order valence-electron chi connectivity index (χ3n) is 4.39. The number of hydrogen-bond acceptors (Lipinski definition) is 5. The summed E-state index contributed by atoms with van der Waals surface area (Å²) in [6.45, 7) is 4.37. The highest BCUT2D eigenvalue weighted by Gasteiger charge is 2.09. The lowest BCUT2D eigenvalue weighted by Gasteiger charge is -2.07. The van der Waals surface area contributed by atoms with Crippen LogP contribution >= 0.6 is 11.3 Å². The van der Waals surface area contributed by atoms with Crippen LogP contribution in [0, 0.1) is 13.8 Å². The Morgan fingerprint density at radius 1 is 1.00 bits per heavy atom. The molecular weight excluding hydrogens is 384 g/mol. The van der Waals surface area contributed by atoms with Gasteiger partial charge in [-0.2, -0.15) is 0 Å². The zero-order valence-corrected chi connectivity index (χ0v) is 17.4. The minimum atomic E-state index is -0.358. The van der Waals surface area contributed by atoms with Gasteiger partial charge in [-0.15, -0.1) is 11.3 Å². The van der Waals surface area contributed by atoms with Crippen LogP contribution in [0.15, 0.2) is 60.7 Å². The standard InChI is InChI=1S/C24H22O4S/c1-16-14-22(17(2)29-16)23(25)13-8-18-6-11-21(12-7-18)28-15-19-4-9-20(10-5-19)24(26)27-3/h4-14H,15H2,1-3H3/b13-8+. The number of aryl methyl sites for hydroxylation is 2. The fraction of sp³-hybridized carbons (Fsp3) is 0.167. The van der Waals surface area contributed by atoms with Gasteiger partial charge in [-0.05, 0) is 61.4 Å². The topological polar surface area (TPSA) is 52.6 Å². The number of carbonyl (C=O) groups excluding carboxylic acids is 2. The first-order valence-electron chi connectivity index (χ1n) is 9.16. The number of carbonyl (C=O) groups is 2. The molecule has 0 fully saturated rings. The smallest absolute Gasteiger partial charge is 0.337 e. The minimum absolute atomic E-state index is 0.0163. The molecule has 0 aliphatic carbocycles. The molecule has 0 saturated heterocycles. The number of allylic oxidation sites excluding steroid dienone is 1. The van der Waals surface area contributed by atoms with Crippen molar-refractivity contribution in [3.8, 4) is 5.75 Å². The zero-order chi connectivity index (χ0) is 20.8. The summed E-state index contributed by atoms with van der Waals surface area (Å²) in [7, 11) is 1.36. The molecule has 0 atom stereocenters. The van der Waals surface area contributed by atoms with Crippen LogP contribution in [-0.4, -0.2) is 18.9 Å². The normalized spacial score (nSPS) is 10.9. The van der Waals surface area contributed by atoms with Gasteiger partial charge in [0.1, 0.15) is 12.4 Å². The fourth-order valence-corrected chi connectivity index (χ4v) is 3.76. The van der Waals surface area contributed by atoms with Gasteiger partial charge in [0.05, 0.1) is 12.7 Å². The lowest BCUT2D eigenvalue weighted by Crippen LogP contribution is -2.01. The van der Waals surface area contributed by atoms with E-state index < -0.39 is 0 Å². The van der Waals surface area contributed by atoms with Crippen molar-refractivity contribution < 1.29 is 19.1 Å². The van der Waals surface area contributed by atoms with E-state index in [1.807, 2.05) is 62.4 Å². The van der Waals surface area contributed by atoms with Gasteiger partial charge in [0.15, 0.2) is 5.78 Å². The number of hydrogen-bond donors (Lipinski definition) is 0. The van der Waals surface area contributed by atoms with E-state index in [0.717, 1.165) is 32.2 Å². The summed E-state index contributed by atoms with van der Waals surface area (Å²) in [4.78, 5) is 26.0. The van der Waals surface area contributed by atoms with Crippen LogP contribution in [0.3, 0.4) is 0 Å². The van der Waals surface area contributed by atoms with Gasteiger partial charge in [-0.25, -0.2) is 4.79 Å². The average molecular weight is 407 g/mol. The molecule has 3 aromatic rings. The summed E-state index contributed by atoms with van der Waals surface area (Å²) in [5.74, 6) is 0.390. The van der Waals surface area contributed by atoms with E-state index in [1.165, 1.54) is 7.11 Å². The molecule has 29 heavy (non-hydrogen) atoms. The van der Waals surface area contributed by atoms with Crippen LogP contribution < -0.4 is 4.74 Å². The highest BCUT2D eigenvalue weighted by atomic mass is 32.1. The maximum atomic E-state index is 12.3. The van der Waals surface area contributed by atoms with E-state index in [-0.39, 0.29) is 11.8 Å². The number of rotatable bonds is 7. The molecule has 1 heterocycles. The SMILES string of the molecule is COC(=O)c1ccc(COc2ccc(/C=C/C(=O)c3cc(C)sc3C)cc2)cc1. The van der Waals surface area contributed by atoms with Crippen molar-refractivity contribution >= 4 is 29.2 Å². The highest BCUT2D eigenvalue weighted by molar-refractivity contribution is 7.12. The van der Waals surface area contributed by atoms with E-state index in [4.69, 9.17) is 4.74 Å². The van der Waals surface area contributed by atoms with Crippen molar-refractivity contribution in [3.63, 3.8) is 0 Å². The summed E-state index contributed by atoms with van der Waals surface area (Å²) < 4.78 is 10.5. The summed E-state index contributed by atoms with van der Waals surface area (Å²) in [5, 5.41) is 0. The van der Waals surface area contributed by atoms with Crippen LogP contribution in [0.1, 0.15) is 41.6 Å². The lowest BCUT2D eigenvalue weighted by atomic mass is 10.1. The van der Waals surface area contributed by atoms with Crippen LogP contribution in [-0.2, 0) is 11.3 Å². The number of benzene rings is 2. The Morgan fingerprint density at radius 3 is 2.28 bits per heavy atom. The number of ketones is 1. The molecule has 4 nitrogen and oxygen atoms in total. The Morgan fingerprint density at radius 2 is 1.69 bits per heavy atom. The van der Waals surface area contributed by atoms with Crippen LogP contribution in [0.25, 0.3) is 6.08 Å². The summed E-state index contributed by atoms with van der Waals surface area (Å²) >= 11 is 1.63. The van der Waals surface area contributed by atoms with Crippen molar-refractivity contribution in [3.05, 3.63) is 92.7 Å². The van der Waals surface area contributed by atoms with Crippen molar-refractivity contribution in [2.24, 2.45) is 0 Å². The molecule has 0 unspecified atom stereocenters. The third kappa shape index (κ3) is 5.42. The van der Waals surface area contributed by atoms with Gasteiger partial charge < -0.3 is 9.47 Å². The van der Waals surface area contributed by atoms with Crippen molar-refractivity contribution in [1.29, 1.82) is 0 Å². The van der Waals surface area contributed by atoms with E-state index >= 15 is 0 Å². The highest BCUT2D eigenvalue weighted by Crippen LogP contribution is 2.22. The van der Waals surface area contributed by atoms with E-state index in [2.05, 4.69) is 4.74 Å². The van der Waals surface area contributed by atoms with Gasteiger partial charge >= 0.3 is 5.97 Å². The largest absolute Gasteiger partial charge is 0.489 e. The number of esters is 1. The third-order valence-corrected chi connectivity index (χ3v) is 5.36. The van der Waals surface area contributed by atoms with Crippen molar-refractivity contribution in [2.75, 3.05) is 7.11 Å².